The molecule has 0 radical (unpaired) electrons. The molecule has 0 amide bonds. The van der Waals surface area contributed by atoms with Crippen LogP contribution in [0.5, 0.6) is 0 Å². The fourth-order valence-electron chi connectivity index (χ4n) is 2.94. The van der Waals surface area contributed by atoms with E-state index in [9.17, 15) is 0 Å². The van der Waals surface area contributed by atoms with E-state index < -0.39 is 0 Å². The van der Waals surface area contributed by atoms with Crippen molar-refractivity contribution in [2.24, 2.45) is 11.8 Å². The molecule has 0 aromatic carbocycles. The molecule has 1 atom stereocenters. The van der Waals surface area contributed by atoms with Crippen LogP contribution in [-0.2, 0) is 13.0 Å². The van der Waals surface area contributed by atoms with Crippen LogP contribution in [0, 0.1) is 11.8 Å². The Bertz CT molecular complexity index is 454. The van der Waals surface area contributed by atoms with Gasteiger partial charge in [0.05, 0.1) is 0 Å². The average molecular weight is 289 g/mol. The molecule has 0 bridgehead atoms. The fourth-order valence-corrected chi connectivity index (χ4v) is 2.94. The van der Waals surface area contributed by atoms with Crippen molar-refractivity contribution in [1.82, 2.24) is 10.3 Å². The fraction of sp³-hybridized carbons (Fsp3) is 0.722. The summed E-state index contributed by atoms with van der Waals surface area (Å²) < 4.78 is 0. The van der Waals surface area contributed by atoms with Gasteiger partial charge in [-0.1, -0.05) is 34.6 Å². The molecule has 3 nitrogen and oxygen atoms in total. The van der Waals surface area contributed by atoms with E-state index in [1.165, 1.54) is 23.5 Å². The number of aromatic nitrogens is 1. The second-order valence-corrected chi connectivity index (χ2v) is 6.95. The first kappa shape index (κ1) is 16.3. The second kappa shape index (κ2) is 7.26. The van der Waals surface area contributed by atoms with Gasteiger partial charge in [0.2, 0.25) is 0 Å². The minimum absolute atomic E-state index is 0.517. The van der Waals surface area contributed by atoms with Crippen molar-refractivity contribution in [3.8, 4) is 0 Å². The summed E-state index contributed by atoms with van der Waals surface area (Å²) in [6.45, 7) is 14.5. The van der Waals surface area contributed by atoms with Crippen LogP contribution in [-0.4, -0.2) is 24.1 Å². The number of hydrogen-bond acceptors (Lipinski definition) is 3. The van der Waals surface area contributed by atoms with Crippen molar-refractivity contribution in [3.63, 3.8) is 0 Å². The highest BCUT2D eigenvalue weighted by molar-refractivity contribution is 5.44. The molecule has 0 spiro atoms. The van der Waals surface area contributed by atoms with Gasteiger partial charge in [-0.25, -0.2) is 4.98 Å². The SMILES string of the molecule is CCc1cc(CNC(C)C)cc(N2CCC(C(C)C)C2)n1. The Morgan fingerprint density at radius 1 is 1.29 bits per heavy atom. The number of hydrogen-bond donors (Lipinski definition) is 1. The summed E-state index contributed by atoms with van der Waals surface area (Å²) in [5, 5.41) is 3.51. The van der Waals surface area contributed by atoms with E-state index in [1.54, 1.807) is 0 Å². The zero-order valence-electron chi connectivity index (χ0n) is 14.3. The van der Waals surface area contributed by atoms with Gasteiger partial charge in [-0.2, -0.15) is 0 Å². The Morgan fingerprint density at radius 3 is 2.62 bits per heavy atom. The Hall–Kier alpha value is -1.09. The lowest BCUT2D eigenvalue weighted by Crippen LogP contribution is -2.24. The molecule has 2 rings (SSSR count). The van der Waals surface area contributed by atoms with E-state index >= 15 is 0 Å². The van der Waals surface area contributed by atoms with Crippen LogP contribution >= 0.6 is 0 Å². The van der Waals surface area contributed by atoms with Crippen molar-refractivity contribution in [3.05, 3.63) is 23.4 Å². The predicted molar refractivity (Wildman–Crippen MR) is 90.7 cm³/mol. The standard InChI is InChI=1S/C18H31N3/c1-6-17-9-15(11-19-14(4)5)10-18(20-17)21-8-7-16(12-21)13(2)3/h9-10,13-14,16,19H,6-8,11-12H2,1-5H3. The van der Waals surface area contributed by atoms with Gasteiger partial charge in [0, 0.05) is 31.4 Å². The quantitative estimate of drug-likeness (QED) is 0.867. The van der Waals surface area contributed by atoms with E-state index in [4.69, 9.17) is 4.98 Å². The van der Waals surface area contributed by atoms with E-state index in [0.717, 1.165) is 37.9 Å². The highest BCUT2D eigenvalue weighted by Crippen LogP contribution is 2.28. The minimum Gasteiger partial charge on any atom is -0.356 e. The maximum absolute atomic E-state index is 4.85. The van der Waals surface area contributed by atoms with E-state index in [2.05, 4.69) is 57.0 Å². The van der Waals surface area contributed by atoms with Gasteiger partial charge in [-0.3, -0.25) is 0 Å². The predicted octanol–water partition coefficient (Wildman–Crippen LogP) is 3.62. The maximum atomic E-state index is 4.85. The van der Waals surface area contributed by atoms with Crippen LogP contribution in [0.2, 0.25) is 0 Å². The molecule has 1 aromatic heterocycles. The van der Waals surface area contributed by atoms with E-state index in [1.807, 2.05) is 0 Å². The van der Waals surface area contributed by atoms with Gasteiger partial charge < -0.3 is 10.2 Å². The Labute approximate surface area is 130 Å². The Morgan fingerprint density at radius 2 is 2.05 bits per heavy atom. The van der Waals surface area contributed by atoms with Crippen molar-refractivity contribution in [2.75, 3.05) is 18.0 Å². The smallest absolute Gasteiger partial charge is 0.129 e. The highest BCUT2D eigenvalue weighted by atomic mass is 15.2. The van der Waals surface area contributed by atoms with Crippen molar-refractivity contribution < 1.29 is 0 Å². The van der Waals surface area contributed by atoms with Gasteiger partial charge in [-0.15, -0.1) is 0 Å². The van der Waals surface area contributed by atoms with Crippen molar-refractivity contribution in [2.45, 2.75) is 60.0 Å². The number of nitrogens with one attached hydrogen (secondary N) is 1. The number of rotatable bonds is 6. The summed E-state index contributed by atoms with van der Waals surface area (Å²) in [4.78, 5) is 7.33. The first-order chi connectivity index (χ1) is 9.99. The topological polar surface area (TPSA) is 28.2 Å². The van der Waals surface area contributed by atoms with Gasteiger partial charge in [0.15, 0.2) is 0 Å². The Kier molecular flexibility index (Phi) is 5.63. The van der Waals surface area contributed by atoms with Crippen molar-refractivity contribution in [1.29, 1.82) is 0 Å². The highest BCUT2D eigenvalue weighted by Gasteiger charge is 2.26. The first-order valence-corrected chi connectivity index (χ1v) is 8.47. The molecule has 0 saturated carbocycles. The van der Waals surface area contributed by atoms with Gasteiger partial charge in [0.25, 0.3) is 0 Å². The maximum Gasteiger partial charge on any atom is 0.129 e. The zero-order chi connectivity index (χ0) is 15.4. The van der Waals surface area contributed by atoms with Gasteiger partial charge in [0.1, 0.15) is 5.82 Å². The summed E-state index contributed by atoms with van der Waals surface area (Å²) in [5.74, 6) is 2.76. The summed E-state index contributed by atoms with van der Waals surface area (Å²) in [7, 11) is 0. The number of nitrogens with zero attached hydrogens (tertiary/aromatic N) is 2. The van der Waals surface area contributed by atoms with Crippen LogP contribution in [0.1, 0.15) is 52.3 Å². The second-order valence-electron chi connectivity index (χ2n) is 6.95. The van der Waals surface area contributed by atoms with Crippen LogP contribution in [0.15, 0.2) is 12.1 Å². The van der Waals surface area contributed by atoms with Crippen molar-refractivity contribution >= 4 is 5.82 Å². The third-order valence-electron chi connectivity index (χ3n) is 4.49. The number of anilines is 1. The Balaban J connectivity index is 2.13. The molecule has 21 heavy (non-hydrogen) atoms. The summed E-state index contributed by atoms with van der Waals surface area (Å²) in [6, 6.07) is 5.04. The third kappa shape index (κ3) is 4.44. The molecular formula is C18H31N3. The lowest BCUT2D eigenvalue weighted by Gasteiger charge is -2.21. The molecule has 1 unspecified atom stereocenters. The third-order valence-corrected chi connectivity index (χ3v) is 4.49. The summed E-state index contributed by atoms with van der Waals surface area (Å²) in [6.07, 6.45) is 2.30. The van der Waals surface area contributed by atoms with Crippen LogP contribution in [0.4, 0.5) is 5.82 Å². The largest absolute Gasteiger partial charge is 0.356 e. The normalized spacial score (nSPS) is 19.0. The van der Waals surface area contributed by atoms with E-state index in [-0.39, 0.29) is 0 Å². The van der Waals surface area contributed by atoms with Gasteiger partial charge in [-0.05, 0) is 42.4 Å². The monoisotopic (exact) mass is 289 g/mol. The molecule has 2 heterocycles. The zero-order valence-corrected chi connectivity index (χ0v) is 14.3. The molecule has 1 saturated heterocycles. The molecule has 1 aromatic rings. The molecule has 1 fully saturated rings. The molecular weight excluding hydrogens is 258 g/mol. The minimum atomic E-state index is 0.517. The van der Waals surface area contributed by atoms with E-state index in [0.29, 0.717) is 6.04 Å². The van der Waals surface area contributed by atoms with Crippen LogP contribution < -0.4 is 10.2 Å². The molecule has 1 aliphatic heterocycles. The molecule has 118 valence electrons. The number of pyridine rings is 1. The molecule has 1 aliphatic rings. The summed E-state index contributed by atoms with van der Waals surface area (Å²) in [5.41, 5.74) is 2.57. The number of aryl methyl sites for hydroxylation is 1. The van der Waals surface area contributed by atoms with Gasteiger partial charge >= 0.3 is 0 Å². The molecule has 3 heteroatoms. The lowest BCUT2D eigenvalue weighted by molar-refractivity contribution is 0.422. The first-order valence-electron chi connectivity index (χ1n) is 8.47. The van der Waals surface area contributed by atoms with Crippen LogP contribution in [0.25, 0.3) is 0 Å². The summed E-state index contributed by atoms with van der Waals surface area (Å²) >= 11 is 0. The van der Waals surface area contributed by atoms with Crippen LogP contribution in [0.3, 0.4) is 0 Å². The molecule has 1 N–H and O–H groups in total. The molecule has 0 aliphatic carbocycles. The lowest BCUT2D eigenvalue weighted by atomic mass is 9.95. The average Bonchev–Trinajstić information content (AvgIpc) is 2.94.